The van der Waals surface area contributed by atoms with Gasteiger partial charge < -0.3 is 0 Å². The topological polar surface area (TPSA) is 38.0 Å². The maximum Gasteiger partial charge on any atom is 0.0699 e. The van der Waals surface area contributed by atoms with Crippen LogP contribution < -0.4 is 11.3 Å². The van der Waals surface area contributed by atoms with Gasteiger partial charge in [-0.3, -0.25) is 5.84 Å². The van der Waals surface area contributed by atoms with Crippen molar-refractivity contribution in [3.8, 4) is 0 Å². The molecule has 0 heterocycles. The maximum atomic E-state index is 6.26. The summed E-state index contributed by atoms with van der Waals surface area (Å²) in [6, 6.07) is 5.47. The Balaban J connectivity index is 2.35. The minimum Gasteiger partial charge on any atom is -0.271 e. The second-order valence-electron chi connectivity index (χ2n) is 4.61. The molecule has 1 aromatic carbocycles. The average Bonchev–Trinajstić information content (AvgIpc) is 2.63. The fourth-order valence-corrected chi connectivity index (χ4v) is 3.08. The lowest BCUT2D eigenvalue weighted by Crippen LogP contribution is -2.30. The minimum atomic E-state index is -0.0794. The van der Waals surface area contributed by atoms with E-state index in [0.717, 1.165) is 18.4 Å². The summed E-state index contributed by atoms with van der Waals surface area (Å²) in [5.41, 5.74) is 5.04. The molecule has 0 bridgehead atoms. The third kappa shape index (κ3) is 3.07. The second-order valence-corrected chi connectivity index (χ2v) is 5.43. The number of nitrogens with one attached hydrogen (secondary N) is 1. The van der Waals surface area contributed by atoms with Crippen molar-refractivity contribution in [3.05, 3.63) is 45.5 Å². The number of hydrogen-bond donors (Lipinski definition) is 2. The summed E-state index contributed by atoms with van der Waals surface area (Å²) < 4.78 is 0. The van der Waals surface area contributed by atoms with E-state index in [4.69, 9.17) is 29.0 Å². The van der Waals surface area contributed by atoms with E-state index in [1.165, 1.54) is 24.8 Å². The van der Waals surface area contributed by atoms with Crippen molar-refractivity contribution in [2.75, 3.05) is 0 Å². The average molecular weight is 285 g/mol. The lowest BCUT2D eigenvalue weighted by molar-refractivity contribution is 0.593. The highest BCUT2D eigenvalue weighted by atomic mass is 35.5. The van der Waals surface area contributed by atoms with Crippen molar-refractivity contribution < 1.29 is 0 Å². The highest BCUT2D eigenvalue weighted by molar-refractivity contribution is 6.36. The standard InChI is InChI=1S/C14H18Cl2N2/c15-11-8-5-9-12(16)13(11)14(18-17)10-6-3-1-2-4-7-10/h5-6,8-9,14,18H,1-4,7,17H2. The number of allylic oxidation sites excluding steroid dienone is 1. The van der Waals surface area contributed by atoms with Crippen LogP contribution in [0, 0.1) is 0 Å². The molecule has 0 aliphatic heterocycles. The summed E-state index contributed by atoms with van der Waals surface area (Å²) in [6.07, 6.45) is 8.15. The summed E-state index contributed by atoms with van der Waals surface area (Å²) in [7, 11) is 0. The number of hydrogen-bond acceptors (Lipinski definition) is 2. The molecule has 0 fully saturated rings. The normalized spacial score (nSPS) is 18.1. The van der Waals surface area contributed by atoms with Crippen LogP contribution in [0.3, 0.4) is 0 Å². The van der Waals surface area contributed by atoms with Gasteiger partial charge in [-0.05, 0) is 37.8 Å². The van der Waals surface area contributed by atoms with Crippen LogP contribution in [0.2, 0.25) is 10.0 Å². The van der Waals surface area contributed by atoms with Gasteiger partial charge in [0, 0.05) is 15.6 Å². The van der Waals surface area contributed by atoms with Crippen molar-refractivity contribution in [2.24, 2.45) is 5.84 Å². The van der Waals surface area contributed by atoms with Crippen molar-refractivity contribution in [3.63, 3.8) is 0 Å². The third-order valence-electron chi connectivity index (χ3n) is 3.40. The number of hydrazine groups is 1. The van der Waals surface area contributed by atoms with Crippen LogP contribution in [0.5, 0.6) is 0 Å². The Labute approximate surface area is 118 Å². The Morgan fingerprint density at radius 2 is 1.83 bits per heavy atom. The first-order chi connectivity index (χ1) is 8.74. The van der Waals surface area contributed by atoms with E-state index in [0.29, 0.717) is 10.0 Å². The molecule has 1 unspecified atom stereocenters. The van der Waals surface area contributed by atoms with Gasteiger partial charge in [0.25, 0.3) is 0 Å². The number of nitrogens with two attached hydrogens (primary N) is 1. The summed E-state index contributed by atoms with van der Waals surface area (Å²) in [6.45, 7) is 0. The van der Waals surface area contributed by atoms with Crippen LogP contribution in [-0.2, 0) is 0 Å². The van der Waals surface area contributed by atoms with Gasteiger partial charge in [0.1, 0.15) is 0 Å². The largest absolute Gasteiger partial charge is 0.271 e. The van der Waals surface area contributed by atoms with Gasteiger partial charge in [0.15, 0.2) is 0 Å². The fraction of sp³-hybridized carbons (Fsp3) is 0.429. The Morgan fingerprint density at radius 3 is 2.50 bits per heavy atom. The Bertz CT molecular complexity index is 423. The van der Waals surface area contributed by atoms with Crippen molar-refractivity contribution in [1.82, 2.24) is 5.43 Å². The zero-order valence-corrected chi connectivity index (χ0v) is 11.8. The molecule has 0 saturated carbocycles. The fourth-order valence-electron chi connectivity index (χ4n) is 2.46. The van der Waals surface area contributed by atoms with Crippen molar-refractivity contribution >= 4 is 23.2 Å². The van der Waals surface area contributed by atoms with Crippen molar-refractivity contribution in [1.29, 1.82) is 0 Å². The van der Waals surface area contributed by atoms with E-state index in [-0.39, 0.29) is 6.04 Å². The van der Waals surface area contributed by atoms with Gasteiger partial charge in [-0.25, -0.2) is 5.43 Å². The molecule has 3 N–H and O–H groups in total. The molecule has 1 aliphatic carbocycles. The Kier molecular flexibility index (Phi) is 5.07. The van der Waals surface area contributed by atoms with Gasteiger partial charge in [-0.15, -0.1) is 0 Å². The van der Waals surface area contributed by atoms with Gasteiger partial charge >= 0.3 is 0 Å². The van der Waals surface area contributed by atoms with Gasteiger partial charge in [0.2, 0.25) is 0 Å². The van der Waals surface area contributed by atoms with Gasteiger partial charge in [0.05, 0.1) is 6.04 Å². The Hall–Kier alpha value is -0.540. The molecule has 0 saturated heterocycles. The monoisotopic (exact) mass is 284 g/mol. The molecule has 1 atom stereocenters. The Morgan fingerprint density at radius 1 is 1.11 bits per heavy atom. The minimum absolute atomic E-state index is 0.0794. The van der Waals surface area contributed by atoms with Crippen LogP contribution >= 0.6 is 23.2 Å². The SMILES string of the molecule is NNC(C1=CCCCCC1)c1c(Cl)cccc1Cl. The molecule has 4 heteroatoms. The molecule has 0 spiro atoms. The van der Waals surface area contributed by atoms with E-state index in [1.807, 2.05) is 18.2 Å². The molecule has 0 amide bonds. The molecule has 1 aromatic rings. The summed E-state index contributed by atoms with van der Waals surface area (Å²) in [4.78, 5) is 0. The number of rotatable bonds is 3. The molecular formula is C14H18Cl2N2. The van der Waals surface area contributed by atoms with Gasteiger partial charge in [-0.2, -0.15) is 0 Å². The van der Waals surface area contributed by atoms with E-state index in [2.05, 4.69) is 11.5 Å². The molecule has 2 rings (SSSR count). The molecular weight excluding hydrogens is 267 g/mol. The van der Waals surface area contributed by atoms with Crippen molar-refractivity contribution in [2.45, 2.75) is 38.1 Å². The van der Waals surface area contributed by atoms with E-state index in [9.17, 15) is 0 Å². The van der Waals surface area contributed by atoms with E-state index >= 15 is 0 Å². The summed E-state index contributed by atoms with van der Waals surface area (Å²) in [5, 5.41) is 1.33. The molecule has 2 nitrogen and oxygen atoms in total. The summed E-state index contributed by atoms with van der Waals surface area (Å²) >= 11 is 12.5. The molecule has 18 heavy (non-hydrogen) atoms. The first kappa shape index (κ1) is 13.9. The predicted octanol–water partition coefficient (Wildman–Crippen LogP) is 4.39. The van der Waals surface area contributed by atoms with Crippen LogP contribution in [0.4, 0.5) is 0 Å². The number of benzene rings is 1. The maximum absolute atomic E-state index is 6.26. The van der Waals surface area contributed by atoms with Crippen LogP contribution in [-0.4, -0.2) is 0 Å². The lowest BCUT2D eigenvalue weighted by Gasteiger charge is -2.22. The zero-order chi connectivity index (χ0) is 13.0. The predicted molar refractivity (Wildman–Crippen MR) is 77.7 cm³/mol. The molecule has 1 aliphatic rings. The highest BCUT2D eigenvalue weighted by Gasteiger charge is 2.21. The first-order valence-electron chi connectivity index (χ1n) is 6.33. The van der Waals surface area contributed by atoms with E-state index in [1.54, 1.807) is 0 Å². The summed E-state index contributed by atoms with van der Waals surface area (Å²) in [5.74, 6) is 5.72. The second kappa shape index (κ2) is 6.58. The highest BCUT2D eigenvalue weighted by Crippen LogP contribution is 2.36. The molecule has 0 radical (unpaired) electrons. The number of halogens is 2. The van der Waals surface area contributed by atoms with Gasteiger partial charge in [-0.1, -0.05) is 47.3 Å². The molecule has 98 valence electrons. The van der Waals surface area contributed by atoms with Crippen LogP contribution in [0.15, 0.2) is 29.8 Å². The zero-order valence-electron chi connectivity index (χ0n) is 10.3. The smallest absolute Gasteiger partial charge is 0.0699 e. The third-order valence-corrected chi connectivity index (χ3v) is 4.06. The van der Waals surface area contributed by atoms with Crippen LogP contribution in [0.25, 0.3) is 0 Å². The quantitative estimate of drug-likeness (QED) is 0.491. The van der Waals surface area contributed by atoms with Crippen LogP contribution in [0.1, 0.15) is 43.7 Å². The lowest BCUT2D eigenvalue weighted by atomic mass is 9.95. The first-order valence-corrected chi connectivity index (χ1v) is 7.08. The molecule has 0 aromatic heterocycles. The van der Waals surface area contributed by atoms with E-state index < -0.39 is 0 Å².